The molecule has 1 saturated heterocycles. The Labute approximate surface area is 169 Å². The maximum atomic E-state index is 13.1. The molecule has 3 atom stereocenters. The minimum atomic E-state index is -0.380. The van der Waals surface area contributed by atoms with Gasteiger partial charge in [0.05, 0.1) is 16.8 Å². The normalized spacial score (nSPS) is 28.7. The summed E-state index contributed by atoms with van der Waals surface area (Å²) in [4.78, 5) is 24.9. The van der Waals surface area contributed by atoms with Crippen molar-refractivity contribution in [1.29, 1.82) is 0 Å². The number of benzene rings is 1. The van der Waals surface area contributed by atoms with Crippen molar-refractivity contribution in [1.82, 2.24) is 0 Å². The number of thioether (sulfide) groups is 2. The summed E-state index contributed by atoms with van der Waals surface area (Å²) in [5.41, 5.74) is 2.15. The van der Waals surface area contributed by atoms with Gasteiger partial charge in [-0.05, 0) is 62.1 Å². The van der Waals surface area contributed by atoms with E-state index in [1.807, 2.05) is 13.0 Å². The number of aryl methyl sites for hydroxylation is 1. The number of rotatable bonds is 3. The second-order valence-corrected chi connectivity index (χ2v) is 10.9. The van der Waals surface area contributed by atoms with Crippen molar-refractivity contribution in [2.24, 2.45) is 17.8 Å². The van der Waals surface area contributed by atoms with Crippen LogP contribution in [-0.4, -0.2) is 34.6 Å². The molecule has 1 N–H and O–H groups in total. The molecular weight excluding hydrogens is 378 g/mol. The lowest BCUT2D eigenvalue weighted by Crippen LogP contribution is -2.48. The summed E-state index contributed by atoms with van der Waals surface area (Å²) in [6, 6.07) is 5.32. The van der Waals surface area contributed by atoms with Gasteiger partial charge in [0, 0.05) is 23.1 Å². The van der Waals surface area contributed by atoms with Gasteiger partial charge >= 0.3 is 5.97 Å². The van der Waals surface area contributed by atoms with Crippen molar-refractivity contribution < 1.29 is 14.3 Å². The first kappa shape index (κ1) is 19.2. The number of anilines is 1. The molecule has 3 fully saturated rings. The van der Waals surface area contributed by atoms with Gasteiger partial charge in [-0.3, -0.25) is 4.79 Å². The molecule has 2 saturated carbocycles. The predicted molar refractivity (Wildman–Crippen MR) is 112 cm³/mol. The molecule has 1 spiro atoms. The van der Waals surface area contributed by atoms with Crippen molar-refractivity contribution in [2.75, 3.05) is 23.9 Å². The molecule has 1 heterocycles. The second-order valence-electron chi connectivity index (χ2n) is 7.92. The average molecular weight is 406 g/mol. The van der Waals surface area contributed by atoms with Crippen LogP contribution in [0.15, 0.2) is 18.2 Å². The van der Waals surface area contributed by atoms with E-state index in [1.54, 1.807) is 12.1 Å². The lowest BCUT2D eigenvalue weighted by atomic mass is 9.67. The molecule has 2 aliphatic carbocycles. The maximum Gasteiger partial charge on any atom is 0.337 e. The van der Waals surface area contributed by atoms with Crippen LogP contribution in [0.4, 0.5) is 5.69 Å². The molecule has 0 radical (unpaired) electrons. The highest BCUT2D eigenvalue weighted by atomic mass is 32.2. The fraction of sp³-hybridized carbons (Fsp3) is 0.619. The number of carbonyl (C=O) groups excluding carboxylic acids is 2. The topological polar surface area (TPSA) is 55.4 Å². The van der Waals surface area contributed by atoms with Crippen LogP contribution in [-0.2, 0) is 9.53 Å². The number of methoxy groups -OCH3 is 1. The SMILES string of the molecule is COC(=O)c1ccc(C)c(NC(=O)C2C[C@H]3CCC[C@@H](C2)C32SCCS2)c1. The van der Waals surface area contributed by atoms with Crippen LogP contribution >= 0.6 is 23.5 Å². The van der Waals surface area contributed by atoms with Crippen LogP contribution in [0.3, 0.4) is 0 Å². The van der Waals surface area contributed by atoms with Crippen LogP contribution in [0.2, 0.25) is 0 Å². The molecule has 2 bridgehead atoms. The third-order valence-electron chi connectivity index (χ3n) is 6.41. The summed E-state index contributed by atoms with van der Waals surface area (Å²) < 4.78 is 5.18. The van der Waals surface area contributed by atoms with E-state index in [4.69, 9.17) is 4.74 Å². The van der Waals surface area contributed by atoms with E-state index in [-0.39, 0.29) is 17.8 Å². The molecule has 1 aliphatic heterocycles. The van der Waals surface area contributed by atoms with Crippen LogP contribution in [0, 0.1) is 24.7 Å². The lowest BCUT2D eigenvalue weighted by molar-refractivity contribution is -0.122. The largest absolute Gasteiger partial charge is 0.465 e. The van der Waals surface area contributed by atoms with Crippen molar-refractivity contribution in [2.45, 2.75) is 43.1 Å². The highest BCUT2D eigenvalue weighted by Gasteiger charge is 2.55. The predicted octanol–water partition coefficient (Wildman–Crippen LogP) is 4.72. The molecule has 27 heavy (non-hydrogen) atoms. The Bertz CT molecular complexity index is 729. The Balaban J connectivity index is 1.49. The van der Waals surface area contributed by atoms with Crippen LogP contribution < -0.4 is 5.32 Å². The van der Waals surface area contributed by atoms with E-state index in [1.165, 1.54) is 37.9 Å². The molecule has 146 valence electrons. The molecule has 1 aromatic rings. The van der Waals surface area contributed by atoms with Gasteiger partial charge in [0.15, 0.2) is 0 Å². The van der Waals surface area contributed by atoms with E-state index in [0.29, 0.717) is 21.5 Å². The molecule has 4 nitrogen and oxygen atoms in total. The van der Waals surface area contributed by atoms with Crippen molar-refractivity contribution in [3.8, 4) is 0 Å². The van der Waals surface area contributed by atoms with Gasteiger partial charge in [0.1, 0.15) is 0 Å². The summed E-state index contributed by atoms with van der Waals surface area (Å²) in [5.74, 6) is 3.63. The molecule has 1 aromatic carbocycles. The quantitative estimate of drug-likeness (QED) is 0.737. The van der Waals surface area contributed by atoms with Gasteiger partial charge in [-0.1, -0.05) is 12.5 Å². The minimum absolute atomic E-state index is 0.0777. The number of hydrogen-bond donors (Lipinski definition) is 1. The molecule has 0 aromatic heterocycles. The minimum Gasteiger partial charge on any atom is -0.465 e. The first-order chi connectivity index (χ1) is 13.0. The molecule has 1 unspecified atom stereocenters. The van der Waals surface area contributed by atoms with Crippen LogP contribution in [0.1, 0.15) is 48.0 Å². The Hall–Kier alpha value is -1.14. The first-order valence-corrected chi connectivity index (χ1v) is 11.8. The standard InChI is InChI=1S/C21H27NO3S2/c1-13-6-7-14(20(24)25-2)12-18(13)22-19(23)15-10-16-4-3-5-17(11-15)21(16)26-8-9-27-21/h6-7,12,15-17H,3-5,8-11H2,1-2H3,(H,22,23)/t15?,16-,17+. The number of carbonyl (C=O) groups is 2. The van der Waals surface area contributed by atoms with Gasteiger partial charge in [-0.2, -0.15) is 0 Å². The van der Waals surface area contributed by atoms with Gasteiger partial charge in [0.2, 0.25) is 5.91 Å². The Morgan fingerprint density at radius 1 is 1.15 bits per heavy atom. The number of ether oxygens (including phenoxy) is 1. The van der Waals surface area contributed by atoms with Crippen LogP contribution in [0.5, 0.6) is 0 Å². The second kappa shape index (κ2) is 7.70. The summed E-state index contributed by atoms with van der Waals surface area (Å²) in [5, 5.41) is 3.11. The molecule has 4 rings (SSSR count). The van der Waals surface area contributed by atoms with Crippen molar-refractivity contribution in [3.63, 3.8) is 0 Å². The Morgan fingerprint density at radius 2 is 1.81 bits per heavy atom. The van der Waals surface area contributed by atoms with E-state index in [9.17, 15) is 9.59 Å². The number of amides is 1. The van der Waals surface area contributed by atoms with Gasteiger partial charge in [-0.15, -0.1) is 23.5 Å². The van der Waals surface area contributed by atoms with E-state index in [0.717, 1.165) is 24.1 Å². The highest BCUT2D eigenvalue weighted by Crippen LogP contribution is 2.64. The van der Waals surface area contributed by atoms with E-state index >= 15 is 0 Å². The average Bonchev–Trinajstić information content (AvgIpc) is 3.12. The number of hydrogen-bond acceptors (Lipinski definition) is 5. The molecule has 6 heteroatoms. The van der Waals surface area contributed by atoms with Crippen molar-refractivity contribution in [3.05, 3.63) is 29.3 Å². The summed E-state index contributed by atoms with van der Waals surface area (Å²) >= 11 is 4.33. The number of nitrogens with one attached hydrogen (secondary N) is 1. The molecule has 3 aliphatic rings. The third kappa shape index (κ3) is 3.51. The van der Waals surface area contributed by atoms with Gasteiger partial charge < -0.3 is 10.1 Å². The summed E-state index contributed by atoms with van der Waals surface area (Å²) in [7, 11) is 1.37. The Kier molecular flexibility index (Phi) is 5.48. The third-order valence-corrected chi connectivity index (χ3v) is 10.4. The number of esters is 1. The summed E-state index contributed by atoms with van der Waals surface area (Å²) in [6.45, 7) is 1.95. The zero-order valence-corrected chi connectivity index (χ0v) is 17.6. The van der Waals surface area contributed by atoms with E-state index < -0.39 is 0 Å². The van der Waals surface area contributed by atoms with E-state index in [2.05, 4.69) is 28.8 Å². The van der Waals surface area contributed by atoms with Gasteiger partial charge in [-0.25, -0.2) is 4.79 Å². The molecular formula is C21H27NO3S2. The van der Waals surface area contributed by atoms with Gasteiger partial charge in [0.25, 0.3) is 0 Å². The van der Waals surface area contributed by atoms with Crippen LogP contribution in [0.25, 0.3) is 0 Å². The smallest absolute Gasteiger partial charge is 0.337 e. The maximum absolute atomic E-state index is 13.1. The zero-order chi connectivity index (χ0) is 19.0. The van der Waals surface area contributed by atoms with Crippen molar-refractivity contribution >= 4 is 41.1 Å². The zero-order valence-electron chi connectivity index (χ0n) is 16.0. The molecule has 1 amide bonds. The fourth-order valence-electron chi connectivity index (χ4n) is 5.06. The first-order valence-electron chi connectivity index (χ1n) is 9.81. The highest BCUT2D eigenvalue weighted by molar-refractivity contribution is 8.21. The summed E-state index contributed by atoms with van der Waals surface area (Å²) in [6.07, 6.45) is 5.83. The Morgan fingerprint density at radius 3 is 2.44 bits per heavy atom. The fourth-order valence-corrected chi connectivity index (χ4v) is 9.00. The monoisotopic (exact) mass is 405 g/mol. The lowest BCUT2D eigenvalue weighted by Gasteiger charge is -2.52.